The van der Waals surface area contributed by atoms with Crippen molar-refractivity contribution in [3.63, 3.8) is 0 Å². The second kappa shape index (κ2) is 7.39. The van der Waals surface area contributed by atoms with E-state index >= 15 is 0 Å². The van der Waals surface area contributed by atoms with Crippen molar-refractivity contribution in [3.05, 3.63) is 87.9 Å². The molecule has 2 heterocycles. The molecule has 1 fully saturated rings. The van der Waals surface area contributed by atoms with Crippen molar-refractivity contribution in [3.8, 4) is 0 Å². The Bertz CT molecular complexity index is 1110. The van der Waals surface area contributed by atoms with Gasteiger partial charge in [-0.15, -0.1) is 0 Å². The van der Waals surface area contributed by atoms with E-state index in [-0.39, 0.29) is 23.4 Å². The lowest BCUT2D eigenvalue weighted by molar-refractivity contribution is -0.132. The van der Waals surface area contributed by atoms with Gasteiger partial charge in [0, 0.05) is 11.6 Å². The van der Waals surface area contributed by atoms with Crippen LogP contribution in [-0.2, 0) is 17.6 Å². The number of amides is 1. The summed E-state index contributed by atoms with van der Waals surface area (Å²) in [6, 6.07) is 16.6. The lowest BCUT2D eigenvalue weighted by Crippen LogP contribution is -2.51. The standard InChI is InChI=1S/C25H25N3O3/c1-15(2)27-14-20(28-23(25(27)31)24(30)21(29)13-26-28)22-18-9-5-3-7-16(18)11-12-17-8-4-6-10-19(17)22/h3-10,13,15,21,29-30H,11-12,14H2,1-2H3. The molecule has 0 saturated carbocycles. The molecule has 2 aliphatic heterocycles. The molecule has 6 heteroatoms. The van der Waals surface area contributed by atoms with Crippen LogP contribution in [0, 0.1) is 0 Å². The first-order valence-electron chi connectivity index (χ1n) is 10.6. The third kappa shape index (κ3) is 3.06. The van der Waals surface area contributed by atoms with E-state index in [1.165, 1.54) is 22.4 Å². The molecule has 31 heavy (non-hydrogen) atoms. The van der Waals surface area contributed by atoms with Crippen LogP contribution in [0.15, 0.2) is 70.8 Å². The van der Waals surface area contributed by atoms with Crippen molar-refractivity contribution in [1.82, 2.24) is 9.91 Å². The second-order valence-electron chi connectivity index (χ2n) is 8.42. The number of hydrogen-bond donors (Lipinski definition) is 2. The number of fused-ring (bicyclic) bond motifs is 3. The zero-order valence-electron chi connectivity index (χ0n) is 17.6. The van der Waals surface area contributed by atoms with Crippen molar-refractivity contribution in [2.45, 2.75) is 38.8 Å². The van der Waals surface area contributed by atoms with Crippen molar-refractivity contribution in [1.29, 1.82) is 0 Å². The van der Waals surface area contributed by atoms with E-state index in [0.29, 0.717) is 6.54 Å². The van der Waals surface area contributed by atoms with Gasteiger partial charge in [0.1, 0.15) is 6.10 Å². The molecule has 0 spiro atoms. The van der Waals surface area contributed by atoms with Gasteiger partial charge in [-0.1, -0.05) is 48.5 Å². The summed E-state index contributed by atoms with van der Waals surface area (Å²) in [6.45, 7) is 4.26. The molecule has 0 radical (unpaired) electrons. The average molecular weight is 415 g/mol. The molecule has 3 aliphatic rings. The van der Waals surface area contributed by atoms with Crippen LogP contribution in [0.5, 0.6) is 0 Å². The summed E-state index contributed by atoms with van der Waals surface area (Å²) >= 11 is 0. The van der Waals surface area contributed by atoms with Gasteiger partial charge in [0.25, 0.3) is 5.91 Å². The van der Waals surface area contributed by atoms with Gasteiger partial charge in [-0.05, 0) is 48.9 Å². The van der Waals surface area contributed by atoms with Gasteiger partial charge >= 0.3 is 0 Å². The van der Waals surface area contributed by atoms with Gasteiger partial charge in [0.2, 0.25) is 0 Å². The minimum atomic E-state index is -1.29. The maximum absolute atomic E-state index is 13.2. The topological polar surface area (TPSA) is 76.4 Å². The van der Waals surface area contributed by atoms with Crippen LogP contribution in [0.3, 0.4) is 0 Å². The highest BCUT2D eigenvalue weighted by Crippen LogP contribution is 2.40. The number of aryl methyl sites for hydroxylation is 2. The number of benzene rings is 2. The summed E-state index contributed by atoms with van der Waals surface area (Å²) < 4.78 is 0. The van der Waals surface area contributed by atoms with Gasteiger partial charge < -0.3 is 15.1 Å². The molecule has 1 unspecified atom stereocenters. The summed E-state index contributed by atoms with van der Waals surface area (Å²) in [5.41, 5.74) is 6.56. The first-order valence-corrected chi connectivity index (χ1v) is 10.6. The van der Waals surface area contributed by atoms with Gasteiger partial charge in [0.05, 0.1) is 18.5 Å². The maximum Gasteiger partial charge on any atom is 0.276 e. The smallest absolute Gasteiger partial charge is 0.276 e. The SMILES string of the molecule is CC(C)N1CC(=C2c3ccccc3CCc3ccccc32)N2N=CC(O)C(O)=C2C1=O. The molecule has 1 atom stereocenters. The lowest BCUT2D eigenvalue weighted by atomic mass is 9.90. The molecule has 2 aromatic carbocycles. The number of rotatable bonds is 1. The van der Waals surface area contributed by atoms with E-state index < -0.39 is 6.10 Å². The number of aliphatic hydroxyl groups is 2. The highest BCUT2D eigenvalue weighted by atomic mass is 16.3. The molecule has 2 N–H and O–H groups in total. The van der Waals surface area contributed by atoms with Crippen LogP contribution in [0.25, 0.3) is 5.57 Å². The van der Waals surface area contributed by atoms with Gasteiger partial charge in [0.15, 0.2) is 11.5 Å². The predicted molar refractivity (Wildman–Crippen MR) is 119 cm³/mol. The Hall–Kier alpha value is -3.38. The molecule has 1 amide bonds. The highest BCUT2D eigenvalue weighted by Gasteiger charge is 2.41. The van der Waals surface area contributed by atoms with E-state index in [2.05, 4.69) is 41.5 Å². The Kier molecular flexibility index (Phi) is 4.67. The number of piperazine rings is 1. The molecule has 2 aromatic rings. The number of carbonyl (C=O) groups is 1. The van der Waals surface area contributed by atoms with Crippen LogP contribution < -0.4 is 0 Å². The normalized spacial score (nSPS) is 20.6. The van der Waals surface area contributed by atoms with E-state index in [1.54, 1.807) is 4.90 Å². The predicted octanol–water partition coefficient (Wildman–Crippen LogP) is 3.23. The van der Waals surface area contributed by atoms with Crippen LogP contribution in [0.4, 0.5) is 0 Å². The zero-order valence-corrected chi connectivity index (χ0v) is 17.6. The van der Waals surface area contributed by atoms with Crippen molar-refractivity contribution < 1.29 is 15.0 Å². The summed E-state index contributed by atoms with van der Waals surface area (Å²) in [6.07, 6.45) is 1.83. The van der Waals surface area contributed by atoms with Gasteiger partial charge in [-0.25, -0.2) is 5.01 Å². The summed E-state index contributed by atoms with van der Waals surface area (Å²) in [7, 11) is 0. The van der Waals surface area contributed by atoms with Crippen LogP contribution in [0.2, 0.25) is 0 Å². The maximum atomic E-state index is 13.2. The van der Waals surface area contributed by atoms with Crippen molar-refractivity contribution in [2.75, 3.05) is 6.54 Å². The van der Waals surface area contributed by atoms with Gasteiger partial charge in [-0.3, -0.25) is 4.79 Å². The van der Waals surface area contributed by atoms with E-state index in [9.17, 15) is 15.0 Å². The number of aliphatic hydroxyl groups excluding tert-OH is 2. The third-order valence-corrected chi connectivity index (χ3v) is 6.25. The quantitative estimate of drug-likeness (QED) is 0.750. The molecule has 158 valence electrons. The fraction of sp³-hybridized carbons (Fsp3) is 0.280. The van der Waals surface area contributed by atoms with E-state index in [4.69, 9.17) is 0 Å². The molecule has 6 nitrogen and oxygen atoms in total. The Balaban J connectivity index is 1.84. The summed E-state index contributed by atoms with van der Waals surface area (Å²) in [4.78, 5) is 14.9. The minimum Gasteiger partial charge on any atom is -0.507 e. The monoisotopic (exact) mass is 415 g/mol. The molecule has 5 rings (SSSR count). The summed E-state index contributed by atoms with van der Waals surface area (Å²) in [5.74, 6) is -0.693. The number of hydrazone groups is 1. The second-order valence-corrected chi connectivity index (χ2v) is 8.42. The molecular weight excluding hydrogens is 390 g/mol. The third-order valence-electron chi connectivity index (χ3n) is 6.25. The van der Waals surface area contributed by atoms with Crippen LogP contribution in [0.1, 0.15) is 36.1 Å². The Morgan fingerprint density at radius 2 is 1.58 bits per heavy atom. The van der Waals surface area contributed by atoms with E-state index in [0.717, 1.165) is 35.2 Å². The minimum absolute atomic E-state index is 0.0247. The first-order chi connectivity index (χ1) is 15.0. The molecule has 1 saturated heterocycles. The molecular formula is C25H25N3O3. The molecule has 1 aliphatic carbocycles. The molecule has 0 bridgehead atoms. The zero-order chi connectivity index (χ0) is 21.7. The van der Waals surface area contributed by atoms with Crippen LogP contribution >= 0.6 is 0 Å². The fourth-order valence-corrected chi connectivity index (χ4v) is 4.64. The van der Waals surface area contributed by atoms with E-state index in [1.807, 2.05) is 26.0 Å². The van der Waals surface area contributed by atoms with Crippen molar-refractivity contribution >= 4 is 17.7 Å². The Morgan fingerprint density at radius 1 is 1.00 bits per heavy atom. The van der Waals surface area contributed by atoms with Crippen molar-refractivity contribution in [2.24, 2.45) is 5.10 Å². The molecule has 0 aromatic heterocycles. The number of nitrogens with zero attached hydrogens (tertiary/aromatic N) is 3. The number of carbonyl (C=O) groups excluding carboxylic acids is 1. The largest absolute Gasteiger partial charge is 0.507 e. The highest BCUT2D eigenvalue weighted by molar-refractivity contribution is 5.99. The Labute approximate surface area is 181 Å². The lowest BCUT2D eigenvalue weighted by Gasteiger charge is -2.41. The number of hydrogen-bond acceptors (Lipinski definition) is 5. The average Bonchev–Trinajstić information content (AvgIpc) is 2.93. The fourth-order valence-electron chi connectivity index (χ4n) is 4.64. The van der Waals surface area contributed by atoms with Gasteiger partial charge in [-0.2, -0.15) is 5.10 Å². The summed E-state index contributed by atoms with van der Waals surface area (Å²) in [5, 5.41) is 26.7. The first kappa shape index (κ1) is 19.6. The van der Waals surface area contributed by atoms with Crippen LogP contribution in [-0.4, -0.2) is 50.9 Å². The Morgan fingerprint density at radius 3 is 2.16 bits per heavy atom.